The first-order valence-corrected chi connectivity index (χ1v) is 31.3. The Morgan fingerprint density at radius 1 is 0.524 bits per heavy atom. The minimum atomic E-state index is -0.636. The van der Waals surface area contributed by atoms with E-state index in [-0.39, 0.29) is 24.3 Å². The van der Waals surface area contributed by atoms with Crippen LogP contribution in [0.3, 0.4) is 0 Å². The van der Waals surface area contributed by atoms with Crippen molar-refractivity contribution in [2.45, 2.75) is 243 Å². The average Bonchev–Trinajstić information content (AvgIpc) is 3.95. The minimum Gasteiger partial charge on any atom is -0.513 e. The Hall–Kier alpha value is -3.53. The molecular formula is C68H129N5O9. The summed E-state index contributed by atoms with van der Waals surface area (Å²) >= 11 is 0. The second-order valence-electron chi connectivity index (χ2n) is 28.0. The minimum absolute atomic E-state index is 0. The monoisotopic (exact) mass is 1160 g/mol. The molecule has 2 aliphatic heterocycles. The number of hydrogen-bond donors (Lipinski definition) is 10. The Morgan fingerprint density at radius 3 is 1.30 bits per heavy atom. The van der Waals surface area contributed by atoms with E-state index in [0.717, 1.165) is 134 Å². The van der Waals surface area contributed by atoms with Crippen LogP contribution in [0.2, 0.25) is 0 Å². The van der Waals surface area contributed by atoms with Crippen LogP contribution in [0.25, 0.3) is 0 Å². The van der Waals surface area contributed by atoms with Gasteiger partial charge in [0.05, 0.1) is 52.5 Å². The number of likely N-dealkylation sites (tertiary alicyclic amines) is 2. The molecule has 7 fully saturated rings. The van der Waals surface area contributed by atoms with Crippen LogP contribution in [0.1, 0.15) is 201 Å². The smallest absolute Gasteiger partial charge is 0.306 e. The molecule has 82 heavy (non-hydrogen) atoms. The van der Waals surface area contributed by atoms with Crippen molar-refractivity contribution >= 4 is 5.97 Å². The normalized spacial score (nSPS) is 25.7. The van der Waals surface area contributed by atoms with Crippen molar-refractivity contribution in [3.05, 3.63) is 74.0 Å². The molecule has 2 saturated heterocycles. The lowest BCUT2D eigenvalue weighted by Gasteiger charge is -2.48. The summed E-state index contributed by atoms with van der Waals surface area (Å²) in [7, 11) is 0. The number of nitrogens with one attached hydrogen (secondary N) is 3. The van der Waals surface area contributed by atoms with Gasteiger partial charge in [-0.3, -0.25) is 4.79 Å². The molecule has 0 bridgehead atoms. The zero-order chi connectivity index (χ0) is 62.1. The second-order valence-corrected chi connectivity index (χ2v) is 28.0. The van der Waals surface area contributed by atoms with Crippen LogP contribution in [0.5, 0.6) is 0 Å². The fourth-order valence-corrected chi connectivity index (χ4v) is 11.4. The van der Waals surface area contributed by atoms with E-state index in [1.165, 1.54) is 19.3 Å². The molecule has 2 unspecified atom stereocenters. The number of carbonyl (C=O) groups is 1. The number of carboxylic acid groups (broad SMARTS) is 1. The fraction of sp³-hybridized carbons (Fsp3) is 0.809. The molecular weight excluding hydrogens is 1030 g/mol. The van der Waals surface area contributed by atoms with Gasteiger partial charge in [0.25, 0.3) is 0 Å². The van der Waals surface area contributed by atoms with Crippen molar-refractivity contribution in [2.75, 3.05) is 45.8 Å². The van der Waals surface area contributed by atoms with E-state index in [9.17, 15) is 20.1 Å². The Bertz CT molecular complexity index is 1780. The number of carboxylic acids is 1. The summed E-state index contributed by atoms with van der Waals surface area (Å²) in [6, 6.07) is 2.10. The van der Waals surface area contributed by atoms with Crippen molar-refractivity contribution in [1.82, 2.24) is 25.8 Å². The molecule has 0 radical (unpaired) electrons. The van der Waals surface area contributed by atoms with Gasteiger partial charge in [-0.05, 0) is 140 Å². The molecule has 0 aromatic rings. The second kappa shape index (κ2) is 38.5. The SMILES string of the molecule is C.C=C(O)C1(C)CN(CC(C)C)C1.C=C(O)C1(NCC(C)C)CC1.C=C(O)C1CC(CC(C)C)C1.C=C(O)C1CC(OC(C)C)C1.C=C(O)C1CCC(NC(C)C)CC1.C=C(O)C1CN(CC(C)C)C1.CC(C)NC1CCC(C(=O)O)C1. The van der Waals surface area contributed by atoms with Gasteiger partial charge in [0, 0.05) is 92.5 Å². The van der Waals surface area contributed by atoms with Gasteiger partial charge in [-0.25, -0.2) is 0 Å². The fourth-order valence-electron chi connectivity index (χ4n) is 11.4. The first-order chi connectivity index (χ1) is 37.5. The van der Waals surface area contributed by atoms with E-state index in [0.29, 0.717) is 106 Å². The number of rotatable bonds is 22. The summed E-state index contributed by atoms with van der Waals surface area (Å²) in [5.74, 6) is 6.45. The van der Waals surface area contributed by atoms with Gasteiger partial charge >= 0.3 is 5.97 Å². The van der Waals surface area contributed by atoms with Crippen molar-refractivity contribution < 1.29 is 45.3 Å². The summed E-state index contributed by atoms with van der Waals surface area (Å²) in [6.45, 7) is 60.8. The summed E-state index contributed by atoms with van der Waals surface area (Å²) < 4.78 is 5.51. The Morgan fingerprint density at radius 2 is 0.951 bits per heavy atom. The van der Waals surface area contributed by atoms with E-state index >= 15 is 0 Å². The zero-order valence-corrected chi connectivity index (χ0v) is 54.2. The summed E-state index contributed by atoms with van der Waals surface area (Å²) in [5.41, 5.74) is -0.140. The van der Waals surface area contributed by atoms with E-state index in [1.807, 2.05) is 13.8 Å². The predicted octanol–water partition coefficient (Wildman–Crippen LogP) is 15.4. The molecule has 5 saturated carbocycles. The molecule has 2 atom stereocenters. The molecule has 14 nitrogen and oxygen atoms in total. The lowest BCUT2D eigenvalue weighted by Crippen LogP contribution is -2.56. The summed E-state index contributed by atoms with van der Waals surface area (Å²) in [5, 5.41) is 73.6. The first-order valence-electron chi connectivity index (χ1n) is 31.3. The third-order valence-corrected chi connectivity index (χ3v) is 16.3. The van der Waals surface area contributed by atoms with E-state index in [1.54, 1.807) is 0 Å². The van der Waals surface area contributed by atoms with Crippen molar-refractivity contribution in [2.24, 2.45) is 64.6 Å². The van der Waals surface area contributed by atoms with Crippen LogP contribution in [-0.4, -0.2) is 139 Å². The molecule has 7 aliphatic rings. The lowest BCUT2D eigenvalue weighted by atomic mass is 9.71. The first kappa shape index (κ1) is 78.5. The molecule has 10 N–H and O–H groups in total. The maximum atomic E-state index is 10.6. The summed E-state index contributed by atoms with van der Waals surface area (Å²) in [4.78, 5) is 15.3. The van der Waals surface area contributed by atoms with Crippen LogP contribution >= 0.6 is 0 Å². The summed E-state index contributed by atoms with van der Waals surface area (Å²) in [6.07, 6.45) is 15.4. The highest BCUT2D eigenvalue weighted by molar-refractivity contribution is 5.70. The maximum absolute atomic E-state index is 10.6. The van der Waals surface area contributed by atoms with Gasteiger partial charge in [-0.1, -0.05) is 137 Å². The highest BCUT2D eigenvalue weighted by Crippen LogP contribution is 2.42. The molecule has 0 spiro atoms. The van der Waals surface area contributed by atoms with Crippen molar-refractivity contribution in [1.29, 1.82) is 0 Å². The van der Waals surface area contributed by atoms with Gasteiger partial charge in [-0.15, -0.1) is 0 Å². The van der Waals surface area contributed by atoms with Crippen LogP contribution in [0.15, 0.2) is 74.0 Å². The molecule has 2 heterocycles. The van der Waals surface area contributed by atoms with Crippen molar-refractivity contribution in [3.8, 4) is 0 Å². The topological polar surface area (TPSA) is 210 Å². The predicted molar refractivity (Wildman–Crippen MR) is 346 cm³/mol. The Balaban J connectivity index is 0.000000932. The molecule has 7 rings (SSSR count). The number of hydrogen-bond acceptors (Lipinski definition) is 13. The highest BCUT2D eigenvalue weighted by Gasteiger charge is 2.45. The van der Waals surface area contributed by atoms with E-state index in [4.69, 9.17) is 25.2 Å². The Kier molecular flexibility index (Phi) is 36.8. The number of nitrogens with zero attached hydrogens (tertiary/aromatic N) is 2. The number of aliphatic hydroxyl groups is 6. The van der Waals surface area contributed by atoms with Gasteiger partial charge in [-0.2, -0.15) is 0 Å². The van der Waals surface area contributed by atoms with E-state index < -0.39 is 5.97 Å². The van der Waals surface area contributed by atoms with Crippen LogP contribution in [-0.2, 0) is 9.53 Å². The number of ether oxygens (including phenoxy) is 1. The van der Waals surface area contributed by atoms with Crippen LogP contribution in [0.4, 0.5) is 0 Å². The maximum Gasteiger partial charge on any atom is 0.306 e. The molecule has 14 heteroatoms. The molecule has 0 aromatic carbocycles. The van der Waals surface area contributed by atoms with Crippen molar-refractivity contribution in [3.63, 3.8) is 0 Å². The third-order valence-electron chi connectivity index (χ3n) is 16.3. The standard InChI is InChI=1S/C11H21NO.C10H19NO.C10H18O.C9H17NO2.2C9H17NO.C9H16O2.CH4/c1-8(2)12-11-6-4-10(5-7-11)9(3)13;1-8(2)5-11-6-10(4,7-11)9(3)12;1-7(2)4-9-5-10(6-9)8(3)11;1-6(2)10-8-4-3-7(5-8)9(11)12;1-7(2)4-10-5-9(6-10)8(3)11;1-7(2)6-10-9(4-5-9)8(3)11;1-6(2)11-9-4-8(5-9)7(3)10;/h8,10-13H,3-7H2,1-2H3;8,12H,3,5-7H2,1-2,4H3;7,9-11H,3-6H2,1-2H3;6-8,10H,3-5H2,1-2H3,(H,11,12);7,9,11H,3-6H2,1-2H3;7,10-11H,3-6H2,1-2H3;6,8-10H,3-5H2,1-2H3;1H4. The van der Waals surface area contributed by atoms with Gasteiger partial charge < -0.3 is 66.2 Å². The van der Waals surface area contributed by atoms with Gasteiger partial charge in [0.15, 0.2) is 0 Å². The van der Waals surface area contributed by atoms with Gasteiger partial charge in [0.1, 0.15) is 5.76 Å². The highest BCUT2D eigenvalue weighted by atomic mass is 16.5. The largest absolute Gasteiger partial charge is 0.513 e. The Labute approximate surface area is 502 Å². The van der Waals surface area contributed by atoms with E-state index in [2.05, 4.69) is 155 Å². The molecule has 0 amide bonds. The number of aliphatic hydroxyl groups excluding tert-OH is 6. The number of allylic oxidation sites excluding steroid dienone is 3. The molecule has 0 aromatic heterocycles. The third kappa shape index (κ3) is 32.1. The van der Waals surface area contributed by atoms with Crippen LogP contribution in [0, 0.1) is 64.6 Å². The van der Waals surface area contributed by atoms with Crippen LogP contribution < -0.4 is 16.0 Å². The average molecular weight is 1160 g/mol. The lowest BCUT2D eigenvalue weighted by molar-refractivity contribution is -0.141. The quantitative estimate of drug-likeness (QED) is 0.0458. The van der Waals surface area contributed by atoms with Gasteiger partial charge in [0.2, 0.25) is 0 Å². The number of aliphatic carboxylic acids is 1. The molecule has 5 aliphatic carbocycles. The zero-order valence-electron chi connectivity index (χ0n) is 54.2. The molecule has 480 valence electrons.